The molecule has 4 aromatic carbocycles. The summed E-state index contributed by atoms with van der Waals surface area (Å²) in [7, 11) is 0.0563. The molecule has 0 fully saturated rings. The molecule has 0 bridgehead atoms. The topological polar surface area (TPSA) is 0 Å². The van der Waals surface area contributed by atoms with Gasteiger partial charge in [-0.1, -0.05) is 61.7 Å². The maximum absolute atomic E-state index is 12.0. The number of fused-ring (bicyclic) bond motifs is 1. The van der Waals surface area contributed by atoms with Gasteiger partial charge < -0.3 is 0 Å². The summed E-state index contributed by atoms with van der Waals surface area (Å²) < 4.78 is 120. The molecule has 0 saturated carbocycles. The standard InChI is InChI=1S/C19H22P.2C6F5.B.2ClH.Zr/c1-4-20(5-2)19-14(3)18(15-10-6-7-11-15)16-12-8-9-13-17(16)19;2*7-2-1-3(8)5(10)6(11)4(2)9;;;;/h6-13,19H,4-5H2,1-3H3;;;;2*1H;/q3*-1;;;;+3. The second-order valence-electron chi connectivity index (χ2n) is 8.83. The van der Waals surface area contributed by atoms with Crippen LogP contribution < -0.4 is 0 Å². The summed E-state index contributed by atoms with van der Waals surface area (Å²) in [6.07, 6.45) is 2.63. The predicted molar refractivity (Wildman–Crippen MR) is 161 cm³/mol. The number of rotatable bonds is 4. The molecule has 0 N–H and O–H groups in total. The van der Waals surface area contributed by atoms with Crippen molar-refractivity contribution in [3.8, 4) is 0 Å². The van der Waals surface area contributed by atoms with Crippen molar-refractivity contribution >= 4 is 46.7 Å². The smallest absolute Gasteiger partial charge is 0.278 e. The van der Waals surface area contributed by atoms with Crippen molar-refractivity contribution in [3.63, 3.8) is 0 Å². The summed E-state index contributed by atoms with van der Waals surface area (Å²) >= 11 is 0. The van der Waals surface area contributed by atoms with Gasteiger partial charge in [0.2, 0.25) is 0 Å². The Morgan fingerprint density at radius 2 is 1.00 bits per heavy atom. The van der Waals surface area contributed by atoms with E-state index in [9.17, 15) is 43.9 Å². The molecule has 0 saturated heterocycles. The minimum absolute atomic E-state index is 0. The fourth-order valence-corrected chi connectivity index (χ4v) is 6.99. The Kier molecular flexibility index (Phi) is 20.4. The maximum atomic E-state index is 12.0. The van der Waals surface area contributed by atoms with Gasteiger partial charge >= 0.3 is 26.2 Å². The average Bonchev–Trinajstić information content (AvgIpc) is 3.60. The van der Waals surface area contributed by atoms with E-state index in [2.05, 4.69) is 69.3 Å². The van der Waals surface area contributed by atoms with E-state index >= 15 is 0 Å². The molecule has 0 spiro atoms. The third kappa shape index (κ3) is 10.0. The van der Waals surface area contributed by atoms with Gasteiger partial charge in [-0.15, -0.1) is 68.1 Å². The number of allylic oxidation sites excluding steroid dienone is 1. The molecule has 4 radical (unpaired) electrons. The van der Waals surface area contributed by atoms with Crippen molar-refractivity contribution in [1.29, 1.82) is 0 Å². The number of benzene rings is 3. The van der Waals surface area contributed by atoms with Crippen LogP contribution in [0.1, 0.15) is 43.1 Å². The molecule has 5 rings (SSSR count). The van der Waals surface area contributed by atoms with Gasteiger partial charge in [-0.05, 0) is 18.0 Å². The van der Waals surface area contributed by atoms with Crippen LogP contribution in [0.15, 0.2) is 54.1 Å². The van der Waals surface area contributed by atoms with E-state index in [0.29, 0.717) is 5.66 Å². The minimum atomic E-state index is -2.17. The van der Waals surface area contributed by atoms with Crippen LogP contribution >= 0.6 is 32.7 Å². The van der Waals surface area contributed by atoms with Gasteiger partial charge in [0.1, 0.15) is 0 Å². The third-order valence-electron chi connectivity index (χ3n) is 6.44. The van der Waals surface area contributed by atoms with Crippen molar-refractivity contribution in [2.24, 2.45) is 0 Å². The molecule has 1 unspecified atom stereocenters. The molecule has 1 aliphatic carbocycles. The van der Waals surface area contributed by atoms with E-state index < -0.39 is 58.2 Å². The van der Waals surface area contributed by atoms with Crippen molar-refractivity contribution in [2.45, 2.75) is 26.4 Å². The minimum Gasteiger partial charge on any atom is -0.278 e. The van der Waals surface area contributed by atoms with Gasteiger partial charge in [0.15, 0.2) is 0 Å². The zero-order chi connectivity index (χ0) is 31.3. The largest absolute Gasteiger partial charge is 3.00 e. The van der Waals surface area contributed by atoms with Gasteiger partial charge in [-0.2, -0.15) is 12.1 Å². The summed E-state index contributed by atoms with van der Waals surface area (Å²) in [6, 6.07) is 19.9. The average molecular weight is 790 g/mol. The predicted octanol–water partition coefficient (Wildman–Crippen LogP) is 10.6. The molecule has 0 amide bonds. The zero-order valence-corrected chi connectivity index (χ0v) is 29.2. The monoisotopic (exact) mass is 788 g/mol. The molecule has 4 aromatic rings. The number of halogens is 12. The van der Waals surface area contributed by atoms with Crippen LogP contribution in [0.25, 0.3) is 5.57 Å². The fourth-order valence-electron chi connectivity index (χ4n) is 4.52. The SMILES string of the molecule is CCP(CC)C1C(C)=C([c-]2cccc2)c2ccccc21.Cl.Cl.Fc1[c-]c(F)c(F)c(F)c1F.Fc1[c-]c(F)c(F)c(F)c1F.[B].[Zr+3]. The van der Waals surface area contributed by atoms with Crippen LogP contribution in [0.5, 0.6) is 0 Å². The first-order valence-electron chi connectivity index (χ1n) is 12.4. The van der Waals surface area contributed by atoms with E-state index in [1.807, 2.05) is 0 Å². The van der Waals surface area contributed by atoms with Crippen molar-refractivity contribution in [2.75, 3.05) is 12.3 Å². The summed E-state index contributed by atoms with van der Waals surface area (Å²) in [5.41, 5.74) is 8.17. The molecule has 1 aliphatic rings. The van der Waals surface area contributed by atoms with Crippen LogP contribution in [0, 0.1) is 70.3 Å². The molecule has 0 aliphatic heterocycles. The Balaban J connectivity index is 0. The quantitative estimate of drug-likeness (QED) is 0.0483. The molecule has 244 valence electrons. The molecular weight excluding hydrogens is 766 g/mol. The summed E-state index contributed by atoms with van der Waals surface area (Å²) in [6.45, 7) is 7.06. The molecule has 15 heteroatoms. The normalized spacial score (nSPS) is 12.7. The zero-order valence-electron chi connectivity index (χ0n) is 24.2. The maximum Gasteiger partial charge on any atom is 3.00 e. The van der Waals surface area contributed by atoms with E-state index in [-0.39, 0.29) is 67.4 Å². The van der Waals surface area contributed by atoms with Crippen molar-refractivity contribution in [3.05, 3.63) is 141 Å². The summed E-state index contributed by atoms with van der Waals surface area (Å²) in [5, 5.41) is 0. The molecule has 0 heterocycles. The van der Waals surface area contributed by atoms with Crippen LogP contribution in [0.3, 0.4) is 0 Å². The Morgan fingerprint density at radius 1 is 0.630 bits per heavy atom. The van der Waals surface area contributed by atoms with E-state index in [4.69, 9.17) is 0 Å². The van der Waals surface area contributed by atoms with Crippen LogP contribution in [0.2, 0.25) is 0 Å². The van der Waals surface area contributed by atoms with Gasteiger partial charge in [-0.3, -0.25) is 17.6 Å². The second kappa shape index (κ2) is 20.4. The second-order valence-corrected chi connectivity index (χ2v) is 11.8. The van der Waals surface area contributed by atoms with Crippen molar-refractivity contribution in [1.82, 2.24) is 0 Å². The summed E-state index contributed by atoms with van der Waals surface area (Å²) in [4.78, 5) is 0. The van der Waals surface area contributed by atoms with Crippen LogP contribution in [-0.2, 0) is 26.2 Å². The Morgan fingerprint density at radius 3 is 1.37 bits per heavy atom. The van der Waals surface area contributed by atoms with E-state index in [0.717, 1.165) is 12.1 Å². The van der Waals surface area contributed by atoms with Gasteiger partial charge in [0, 0.05) is 8.41 Å². The Hall–Kier alpha value is -1.99. The molecule has 1 atom stereocenters. The fraction of sp³-hybridized carbons (Fsp3) is 0.194. The molecule has 0 aromatic heterocycles. The molecular formula is C31H24BCl2F10PZr. The molecule has 46 heavy (non-hydrogen) atoms. The molecule has 0 nitrogen and oxygen atoms in total. The number of hydrogen-bond acceptors (Lipinski definition) is 0. The van der Waals surface area contributed by atoms with Crippen LogP contribution in [-0.4, -0.2) is 20.7 Å². The van der Waals surface area contributed by atoms with E-state index in [1.165, 1.54) is 29.0 Å². The third-order valence-corrected chi connectivity index (χ3v) is 9.46. The van der Waals surface area contributed by atoms with Gasteiger partial charge in [0.25, 0.3) is 0 Å². The summed E-state index contributed by atoms with van der Waals surface area (Å²) in [5.74, 6) is -20.1. The first kappa shape index (κ1) is 46.1. The number of hydrogen-bond donors (Lipinski definition) is 0. The Labute approximate surface area is 295 Å². The van der Waals surface area contributed by atoms with Crippen LogP contribution in [0.4, 0.5) is 43.9 Å². The van der Waals surface area contributed by atoms with Gasteiger partial charge in [0.05, 0.1) is 58.2 Å². The first-order valence-corrected chi connectivity index (χ1v) is 14.2. The van der Waals surface area contributed by atoms with E-state index in [1.54, 1.807) is 11.1 Å². The van der Waals surface area contributed by atoms with Crippen molar-refractivity contribution < 1.29 is 70.1 Å². The van der Waals surface area contributed by atoms with Gasteiger partial charge in [-0.25, -0.2) is 26.3 Å². The Bertz CT molecular complexity index is 1490. The first-order chi connectivity index (χ1) is 19.8.